The monoisotopic (exact) mass is 542 g/mol. The quantitative estimate of drug-likeness (QED) is 0.467. The first-order chi connectivity index (χ1) is 14.0. The number of aromatic hydroxyl groups is 1. The van der Waals surface area contributed by atoms with Gasteiger partial charge in [-0.2, -0.15) is 0 Å². The van der Waals surface area contributed by atoms with E-state index in [2.05, 4.69) is 31.9 Å². The Labute approximate surface area is 192 Å². The van der Waals surface area contributed by atoms with Crippen LogP contribution in [0.15, 0.2) is 24.9 Å². The highest BCUT2D eigenvalue weighted by Gasteiger charge is 2.40. The minimum Gasteiger partial charge on any atom is -0.503 e. The number of carbonyl (C=O) groups is 1. The van der Waals surface area contributed by atoms with Crippen molar-refractivity contribution in [2.45, 2.75) is 63.5 Å². The van der Waals surface area contributed by atoms with Crippen molar-refractivity contribution in [2.24, 2.45) is 4.99 Å². The van der Waals surface area contributed by atoms with Crippen molar-refractivity contribution in [3.63, 3.8) is 0 Å². The second-order valence-electron chi connectivity index (χ2n) is 7.72. The van der Waals surface area contributed by atoms with E-state index in [-0.39, 0.29) is 17.7 Å². The SMILES string of the molecule is COc1cc(/C=C2/SC(=NC3CCCC3)N(C3CCCC3)C2=O)c(Br)c(Br)c1O. The molecule has 3 aliphatic rings. The van der Waals surface area contributed by atoms with Crippen LogP contribution in [0.25, 0.3) is 6.08 Å². The Hall–Kier alpha value is -0.990. The average molecular weight is 544 g/mol. The topological polar surface area (TPSA) is 62.1 Å². The number of phenolic OH excluding ortho intramolecular Hbond substituents is 1. The summed E-state index contributed by atoms with van der Waals surface area (Å²) in [5.74, 6) is 0.423. The summed E-state index contributed by atoms with van der Waals surface area (Å²) < 4.78 is 6.46. The van der Waals surface area contributed by atoms with Crippen LogP contribution in [0, 0.1) is 0 Å². The highest BCUT2D eigenvalue weighted by molar-refractivity contribution is 9.13. The van der Waals surface area contributed by atoms with Crippen molar-refractivity contribution in [1.82, 2.24) is 4.90 Å². The fraction of sp³-hybridized carbons (Fsp3) is 0.524. The molecule has 3 fully saturated rings. The minimum absolute atomic E-state index is 0.0305. The van der Waals surface area contributed by atoms with Gasteiger partial charge in [0.05, 0.1) is 22.5 Å². The molecule has 5 nitrogen and oxygen atoms in total. The number of amidine groups is 1. The number of nitrogens with zero attached hydrogens (tertiary/aromatic N) is 2. The zero-order valence-electron chi connectivity index (χ0n) is 16.3. The summed E-state index contributed by atoms with van der Waals surface area (Å²) in [4.78, 5) is 20.9. The number of ether oxygens (including phenoxy) is 1. The van der Waals surface area contributed by atoms with E-state index in [1.165, 1.54) is 44.6 Å². The van der Waals surface area contributed by atoms with Gasteiger partial charge in [-0.05, 0) is 87.0 Å². The second-order valence-corrected chi connectivity index (χ2v) is 10.3. The smallest absolute Gasteiger partial charge is 0.267 e. The van der Waals surface area contributed by atoms with Gasteiger partial charge in [-0.25, -0.2) is 0 Å². The third kappa shape index (κ3) is 4.26. The van der Waals surface area contributed by atoms with Gasteiger partial charge in [0.2, 0.25) is 0 Å². The maximum atomic E-state index is 13.3. The van der Waals surface area contributed by atoms with E-state index >= 15 is 0 Å². The van der Waals surface area contributed by atoms with Crippen molar-refractivity contribution in [3.8, 4) is 11.5 Å². The van der Waals surface area contributed by atoms with E-state index in [1.807, 2.05) is 11.0 Å². The van der Waals surface area contributed by atoms with Gasteiger partial charge in [0.1, 0.15) is 0 Å². The molecular formula is C21H24Br2N2O3S. The molecule has 2 aliphatic carbocycles. The number of halogens is 2. The molecule has 1 saturated heterocycles. The van der Waals surface area contributed by atoms with Crippen LogP contribution in [-0.2, 0) is 4.79 Å². The first-order valence-electron chi connectivity index (χ1n) is 10.1. The van der Waals surface area contributed by atoms with E-state index in [0.29, 0.717) is 25.6 Å². The third-order valence-electron chi connectivity index (χ3n) is 5.83. The van der Waals surface area contributed by atoms with Crippen LogP contribution < -0.4 is 4.74 Å². The summed E-state index contributed by atoms with van der Waals surface area (Å²) in [7, 11) is 1.51. The number of benzene rings is 1. The summed E-state index contributed by atoms with van der Waals surface area (Å²) in [6.07, 6.45) is 11.0. The van der Waals surface area contributed by atoms with Crippen LogP contribution in [0.5, 0.6) is 11.5 Å². The van der Waals surface area contributed by atoms with Gasteiger partial charge in [-0.1, -0.05) is 25.7 Å². The van der Waals surface area contributed by atoms with Crippen LogP contribution in [0.2, 0.25) is 0 Å². The molecule has 0 unspecified atom stereocenters. The van der Waals surface area contributed by atoms with Crippen LogP contribution in [-0.4, -0.2) is 40.3 Å². The molecule has 1 aliphatic heterocycles. The van der Waals surface area contributed by atoms with Crippen LogP contribution >= 0.6 is 43.6 Å². The molecular weight excluding hydrogens is 520 g/mol. The first-order valence-corrected chi connectivity index (χ1v) is 12.5. The van der Waals surface area contributed by atoms with Crippen LogP contribution in [0.4, 0.5) is 0 Å². The molecule has 0 spiro atoms. The first kappa shape index (κ1) is 21.2. The lowest BCUT2D eigenvalue weighted by molar-refractivity contribution is -0.123. The zero-order chi connectivity index (χ0) is 20.5. The van der Waals surface area contributed by atoms with Crippen molar-refractivity contribution < 1.29 is 14.6 Å². The van der Waals surface area contributed by atoms with Gasteiger partial charge >= 0.3 is 0 Å². The molecule has 1 N–H and O–H groups in total. The third-order valence-corrected chi connectivity index (χ3v) is 8.98. The number of phenols is 1. The zero-order valence-corrected chi connectivity index (χ0v) is 20.3. The molecule has 8 heteroatoms. The molecule has 0 aromatic heterocycles. The van der Waals surface area contributed by atoms with Gasteiger partial charge in [0, 0.05) is 10.5 Å². The van der Waals surface area contributed by atoms with E-state index < -0.39 is 0 Å². The predicted molar refractivity (Wildman–Crippen MR) is 124 cm³/mol. The van der Waals surface area contributed by atoms with E-state index in [9.17, 15) is 9.90 Å². The maximum Gasteiger partial charge on any atom is 0.267 e. The Morgan fingerprint density at radius 1 is 1.17 bits per heavy atom. The molecule has 156 valence electrons. The molecule has 1 aromatic rings. The largest absolute Gasteiger partial charge is 0.503 e. The lowest BCUT2D eigenvalue weighted by atomic mass is 10.1. The number of methoxy groups -OCH3 is 1. The maximum absolute atomic E-state index is 13.3. The Balaban J connectivity index is 1.71. The predicted octanol–water partition coefficient (Wildman–Crippen LogP) is 6.08. The Bertz CT molecular complexity index is 875. The Morgan fingerprint density at radius 3 is 2.48 bits per heavy atom. The highest BCUT2D eigenvalue weighted by Crippen LogP contribution is 2.44. The summed E-state index contributed by atoms with van der Waals surface area (Å²) in [6, 6.07) is 2.32. The Morgan fingerprint density at radius 2 is 1.83 bits per heavy atom. The van der Waals surface area contributed by atoms with Gasteiger partial charge in [-0.3, -0.25) is 14.7 Å². The number of thioether (sulfide) groups is 1. The molecule has 1 aromatic carbocycles. The molecule has 4 rings (SSSR count). The van der Waals surface area contributed by atoms with Crippen molar-refractivity contribution in [1.29, 1.82) is 0 Å². The number of aliphatic imine (C=N–C) groups is 1. The van der Waals surface area contributed by atoms with Gasteiger partial charge < -0.3 is 9.84 Å². The standard InChI is InChI=1S/C21H24Br2N2O3S/c1-28-15-10-12(17(22)18(23)19(15)26)11-16-20(27)25(14-8-4-5-9-14)21(29-16)24-13-6-2-3-7-13/h10-11,13-14,26H,2-9H2,1H3/b16-11+,24-21?. The fourth-order valence-electron chi connectivity index (χ4n) is 4.26. The molecule has 1 amide bonds. The molecule has 1 heterocycles. The van der Waals surface area contributed by atoms with Crippen LogP contribution in [0.1, 0.15) is 56.9 Å². The van der Waals surface area contributed by atoms with Gasteiger partial charge in [0.25, 0.3) is 5.91 Å². The van der Waals surface area contributed by atoms with E-state index in [0.717, 1.165) is 36.4 Å². The normalized spacial score (nSPS) is 23.8. The summed E-state index contributed by atoms with van der Waals surface area (Å²) in [5.41, 5.74) is 0.774. The van der Waals surface area contributed by atoms with E-state index in [1.54, 1.807) is 6.07 Å². The number of rotatable bonds is 4. The van der Waals surface area contributed by atoms with Crippen molar-refractivity contribution in [2.75, 3.05) is 7.11 Å². The van der Waals surface area contributed by atoms with Crippen molar-refractivity contribution in [3.05, 3.63) is 25.5 Å². The fourth-order valence-corrected chi connectivity index (χ4v) is 6.21. The molecule has 2 saturated carbocycles. The molecule has 0 atom stereocenters. The Kier molecular flexibility index (Phi) is 6.61. The molecule has 0 bridgehead atoms. The number of carbonyl (C=O) groups excluding carboxylic acids is 1. The second kappa shape index (κ2) is 9.02. The van der Waals surface area contributed by atoms with Gasteiger partial charge in [-0.15, -0.1) is 0 Å². The lowest BCUT2D eigenvalue weighted by Crippen LogP contribution is -2.38. The number of amides is 1. The lowest BCUT2D eigenvalue weighted by Gasteiger charge is -2.23. The highest BCUT2D eigenvalue weighted by atomic mass is 79.9. The van der Waals surface area contributed by atoms with Crippen LogP contribution in [0.3, 0.4) is 0 Å². The molecule has 0 radical (unpaired) electrons. The summed E-state index contributed by atoms with van der Waals surface area (Å²) in [5, 5.41) is 11.0. The van der Waals surface area contributed by atoms with Crippen molar-refractivity contribution >= 4 is 60.8 Å². The number of hydrogen-bond acceptors (Lipinski definition) is 5. The minimum atomic E-state index is 0.0305. The molecule has 29 heavy (non-hydrogen) atoms. The average Bonchev–Trinajstić information content (AvgIpc) is 3.46. The number of hydrogen-bond donors (Lipinski definition) is 1. The summed E-state index contributed by atoms with van der Waals surface area (Å²) in [6.45, 7) is 0. The van der Waals surface area contributed by atoms with E-state index in [4.69, 9.17) is 9.73 Å². The van der Waals surface area contributed by atoms with Gasteiger partial charge in [0.15, 0.2) is 16.7 Å². The summed E-state index contributed by atoms with van der Waals surface area (Å²) >= 11 is 8.38.